The predicted molar refractivity (Wildman–Crippen MR) is 73.1 cm³/mol. The third-order valence-corrected chi connectivity index (χ3v) is 3.37. The Hall–Kier alpha value is -0.840. The van der Waals surface area contributed by atoms with E-state index in [0.29, 0.717) is 12.5 Å². The van der Waals surface area contributed by atoms with Crippen LogP contribution < -0.4 is 5.32 Å². The maximum Gasteiger partial charge on any atom is 0.168 e. The Bertz CT molecular complexity index is 383. The van der Waals surface area contributed by atoms with E-state index < -0.39 is 11.6 Å². The average Bonchev–Trinajstić information content (AvgIpc) is 2.30. The van der Waals surface area contributed by atoms with Gasteiger partial charge in [-0.15, -0.1) is 11.8 Å². The maximum absolute atomic E-state index is 13.5. The van der Waals surface area contributed by atoms with E-state index in [4.69, 9.17) is 0 Å². The highest BCUT2D eigenvalue weighted by Gasteiger charge is 2.12. The highest BCUT2D eigenvalue weighted by Crippen LogP contribution is 2.25. The molecule has 1 heterocycles. The fraction of sp³-hybridized carbons (Fsp3) is 0.615. The molecule has 0 unspecified atom stereocenters. The lowest BCUT2D eigenvalue weighted by Crippen LogP contribution is -2.06. The number of thioether (sulfide) groups is 1. The minimum Gasteiger partial charge on any atom is -0.368 e. The Kier molecular flexibility index (Phi) is 6.39. The molecule has 0 aromatic carbocycles. The van der Waals surface area contributed by atoms with Gasteiger partial charge >= 0.3 is 0 Å². The summed E-state index contributed by atoms with van der Waals surface area (Å²) < 4.78 is 27.0. The third-order valence-electron chi connectivity index (χ3n) is 2.37. The molecule has 2 nitrogen and oxygen atoms in total. The lowest BCUT2D eigenvalue weighted by atomic mass is 10.2. The first-order chi connectivity index (χ1) is 8.54. The molecule has 0 saturated heterocycles. The van der Waals surface area contributed by atoms with Gasteiger partial charge in [-0.05, 0) is 24.5 Å². The number of anilines is 1. The number of aromatic nitrogens is 1. The molecule has 0 atom stereocenters. The molecule has 0 aliphatic rings. The molecule has 0 saturated carbocycles. The quantitative estimate of drug-likeness (QED) is 0.750. The Morgan fingerprint density at radius 3 is 2.67 bits per heavy atom. The van der Waals surface area contributed by atoms with E-state index in [1.165, 1.54) is 11.8 Å². The molecule has 0 amide bonds. The summed E-state index contributed by atoms with van der Waals surface area (Å²) in [5, 5.41) is 3.14. The second kappa shape index (κ2) is 7.56. The fourth-order valence-corrected chi connectivity index (χ4v) is 2.44. The van der Waals surface area contributed by atoms with Gasteiger partial charge in [0.25, 0.3) is 0 Å². The first kappa shape index (κ1) is 15.2. The Labute approximate surface area is 112 Å². The zero-order chi connectivity index (χ0) is 13.5. The van der Waals surface area contributed by atoms with Crippen LogP contribution in [0.15, 0.2) is 11.1 Å². The number of pyridine rings is 1. The van der Waals surface area contributed by atoms with Crippen molar-refractivity contribution in [1.82, 2.24) is 4.98 Å². The average molecular weight is 274 g/mol. The van der Waals surface area contributed by atoms with Gasteiger partial charge < -0.3 is 5.32 Å². The van der Waals surface area contributed by atoms with Gasteiger partial charge in [-0.3, -0.25) is 0 Å². The molecule has 0 bridgehead atoms. The molecule has 0 fully saturated rings. The number of halogens is 2. The van der Waals surface area contributed by atoms with Crippen LogP contribution in [0, 0.1) is 17.6 Å². The van der Waals surface area contributed by atoms with Gasteiger partial charge in [-0.25, -0.2) is 13.8 Å². The zero-order valence-electron chi connectivity index (χ0n) is 11.1. The molecular weight excluding hydrogens is 254 g/mol. The van der Waals surface area contributed by atoms with Crippen LogP contribution in [0.5, 0.6) is 0 Å². The molecule has 5 heteroatoms. The van der Waals surface area contributed by atoms with Crippen LogP contribution >= 0.6 is 11.8 Å². The molecule has 1 rings (SSSR count). The second-order valence-electron chi connectivity index (χ2n) is 4.56. The summed E-state index contributed by atoms with van der Waals surface area (Å²) in [5.41, 5.74) is 0. The van der Waals surface area contributed by atoms with Crippen molar-refractivity contribution >= 4 is 17.6 Å². The van der Waals surface area contributed by atoms with Crippen molar-refractivity contribution in [2.75, 3.05) is 17.6 Å². The summed E-state index contributed by atoms with van der Waals surface area (Å²) in [5.74, 6) is 0.293. The highest BCUT2D eigenvalue weighted by molar-refractivity contribution is 7.99. The van der Waals surface area contributed by atoms with E-state index in [1.54, 1.807) is 0 Å². The van der Waals surface area contributed by atoms with Gasteiger partial charge in [0.2, 0.25) is 0 Å². The van der Waals surface area contributed by atoms with Crippen LogP contribution in [0.4, 0.5) is 14.6 Å². The third kappa shape index (κ3) is 4.80. The van der Waals surface area contributed by atoms with E-state index in [-0.39, 0.29) is 10.8 Å². The molecule has 1 aromatic rings. The van der Waals surface area contributed by atoms with Crippen LogP contribution in [-0.4, -0.2) is 17.3 Å². The van der Waals surface area contributed by atoms with Crippen molar-refractivity contribution < 1.29 is 8.78 Å². The van der Waals surface area contributed by atoms with E-state index in [9.17, 15) is 8.78 Å². The van der Waals surface area contributed by atoms with Crippen LogP contribution in [0.25, 0.3) is 0 Å². The van der Waals surface area contributed by atoms with Gasteiger partial charge in [-0.1, -0.05) is 20.8 Å². The Balaban J connectivity index is 2.71. The van der Waals surface area contributed by atoms with E-state index in [0.717, 1.165) is 24.7 Å². The summed E-state index contributed by atoms with van der Waals surface area (Å²) >= 11 is 1.34. The molecule has 1 aromatic heterocycles. The van der Waals surface area contributed by atoms with Crippen LogP contribution in [0.3, 0.4) is 0 Å². The van der Waals surface area contributed by atoms with Crippen molar-refractivity contribution in [3.63, 3.8) is 0 Å². The van der Waals surface area contributed by atoms with Crippen LogP contribution in [-0.2, 0) is 0 Å². The van der Waals surface area contributed by atoms with Gasteiger partial charge in [0, 0.05) is 12.6 Å². The molecular formula is C13H20F2N2S. The molecule has 0 spiro atoms. The first-order valence-electron chi connectivity index (χ1n) is 6.27. The van der Waals surface area contributed by atoms with Crippen LogP contribution in [0.1, 0.15) is 33.6 Å². The molecule has 18 heavy (non-hydrogen) atoms. The van der Waals surface area contributed by atoms with E-state index >= 15 is 0 Å². The smallest absolute Gasteiger partial charge is 0.168 e. The van der Waals surface area contributed by atoms with Crippen molar-refractivity contribution in [3.8, 4) is 0 Å². The van der Waals surface area contributed by atoms with Gasteiger partial charge in [0.05, 0.1) is 0 Å². The standard InChI is InChI=1S/C13H20F2N2S/c1-4-6-16-12-10(14)8-11(15)13(17-12)18-7-5-9(2)3/h8-9H,4-7H2,1-3H3,(H,16,17). The number of nitrogens with one attached hydrogen (secondary N) is 1. The molecule has 1 N–H and O–H groups in total. The SMILES string of the molecule is CCCNc1nc(SCCC(C)C)c(F)cc1F. The minimum absolute atomic E-state index is 0.144. The normalized spacial score (nSPS) is 11.0. The summed E-state index contributed by atoms with van der Waals surface area (Å²) in [7, 11) is 0. The monoisotopic (exact) mass is 274 g/mol. The number of hydrogen-bond acceptors (Lipinski definition) is 3. The molecule has 102 valence electrons. The lowest BCUT2D eigenvalue weighted by molar-refractivity contribution is 0.550. The molecule has 0 aliphatic carbocycles. The maximum atomic E-state index is 13.5. The minimum atomic E-state index is -0.630. The fourth-order valence-electron chi connectivity index (χ4n) is 1.31. The van der Waals surface area contributed by atoms with E-state index in [1.807, 2.05) is 6.92 Å². The number of rotatable bonds is 7. The molecule has 0 radical (unpaired) electrons. The topological polar surface area (TPSA) is 24.9 Å². The van der Waals surface area contributed by atoms with Crippen molar-refractivity contribution in [2.24, 2.45) is 5.92 Å². The lowest BCUT2D eigenvalue weighted by Gasteiger charge is -2.09. The summed E-state index contributed by atoms with van der Waals surface area (Å²) in [6, 6.07) is 0.905. The van der Waals surface area contributed by atoms with Gasteiger partial charge in [0.1, 0.15) is 5.03 Å². The summed E-state index contributed by atoms with van der Waals surface area (Å²) in [6.07, 6.45) is 1.86. The van der Waals surface area contributed by atoms with Crippen LogP contribution in [0.2, 0.25) is 0 Å². The Morgan fingerprint density at radius 2 is 2.06 bits per heavy atom. The molecule has 0 aliphatic heterocycles. The van der Waals surface area contributed by atoms with Crippen molar-refractivity contribution in [1.29, 1.82) is 0 Å². The van der Waals surface area contributed by atoms with Crippen molar-refractivity contribution in [2.45, 2.75) is 38.6 Å². The number of nitrogens with zero attached hydrogens (tertiary/aromatic N) is 1. The Morgan fingerprint density at radius 1 is 1.33 bits per heavy atom. The zero-order valence-corrected chi connectivity index (χ0v) is 11.9. The van der Waals surface area contributed by atoms with Gasteiger partial charge in [0.15, 0.2) is 17.5 Å². The summed E-state index contributed by atoms with van der Waals surface area (Å²) in [6.45, 7) is 6.84. The van der Waals surface area contributed by atoms with E-state index in [2.05, 4.69) is 24.1 Å². The van der Waals surface area contributed by atoms with Crippen molar-refractivity contribution in [3.05, 3.63) is 17.7 Å². The first-order valence-corrected chi connectivity index (χ1v) is 7.25. The predicted octanol–water partition coefficient (Wildman–Crippen LogP) is 4.32. The number of hydrogen-bond donors (Lipinski definition) is 1. The second-order valence-corrected chi connectivity index (χ2v) is 5.65. The largest absolute Gasteiger partial charge is 0.368 e. The highest BCUT2D eigenvalue weighted by atomic mass is 32.2. The van der Waals surface area contributed by atoms with Gasteiger partial charge in [-0.2, -0.15) is 0 Å². The summed E-state index contributed by atoms with van der Waals surface area (Å²) in [4.78, 5) is 4.01.